The van der Waals surface area contributed by atoms with Crippen LogP contribution in [-0.4, -0.2) is 36.9 Å². The van der Waals surface area contributed by atoms with Crippen molar-refractivity contribution in [1.82, 2.24) is 0 Å². The van der Waals surface area contributed by atoms with E-state index in [0.29, 0.717) is 0 Å². The summed E-state index contributed by atoms with van der Waals surface area (Å²) in [6, 6.07) is 0. The number of hydrogen-bond acceptors (Lipinski definition) is 6. The SMILES string of the molecule is COC(=O)C1=C(N)C=CC(O)(C(=O)OC)C1C. The second-order valence-corrected chi connectivity index (χ2v) is 3.73. The van der Waals surface area contributed by atoms with Gasteiger partial charge in [-0.25, -0.2) is 9.59 Å². The Morgan fingerprint density at radius 1 is 1.41 bits per heavy atom. The number of methoxy groups -OCH3 is 2. The van der Waals surface area contributed by atoms with Crippen LogP contribution >= 0.6 is 0 Å². The Morgan fingerprint density at radius 2 is 2.00 bits per heavy atom. The van der Waals surface area contributed by atoms with E-state index >= 15 is 0 Å². The van der Waals surface area contributed by atoms with Gasteiger partial charge in [0.1, 0.15) is 0 Å². The first kappa shape index (κ1) is 13.2. The molecule has 6 nitrogen and oxygen atoms in total. The summed E-state index contributed by atoms with van der Waals surface area (Å²) in [6.07, 6.45) is 2.51. The molecule has 0 aromatic heterocycles. The molecule has 0 saturated heterocycles. The van der Waals surface area contributed by atoms with Crippen LogP contribution in [0.5, 0.6) is 0 Å². The smallest absolute Gasteiger partial charge is 0.342 e. The van der Waals surface area contributed by atoms with E-state index in [1.165, 1.54) is 26.2 Å². The zero-order valence-electron chi connectivity index (χ0n) is 9.89. The van der Waals surface area contributed by atoms with E-state index < -0.39 is 23.5 Å². The lowest BCUT2D eigenvalue weighted by Gasteiger charge is -2.32. The van der Waals surface area contributed by atoms with Crippen LogP contribution in [0.1, 0.15) is 6.92 Å². The third-order valence-corrected chi connectivity index (χ3v) is 2.84. The Labute approximate surface area is 98.7 Å². The molecular formula is C11H15NO5. The molecule has 0 bridgehead atoms. The van der Waals surface area contributed by atoms with Gasteiger partial charge in [-0.1, -0.05) is 6.92 Å². The predicted octanol–water partition coefficient (Wildman–Crippen LogP) is -0.518. The predicted molar refractivity (Wildman–Crippen MR) is 58.5 cm³/mol. The highest BCUT2D eigenvalue weighted by molar-refractivity contribution is 5.94. The van der Waals surface area contributed by atoms with E-state index in [-0.39, 0.29) is 11.3 Å². The quantitative estimate of drug-likeness (QED) is 0.631. The third-order valence-electron chi connectivity index (χ3n) is 2.84. The van der Waals surface area contributed by atoms with Crippen LogP contribution in [0.25, 0.3) is 0 Å². The highest BCUT2D eigenvalue weighted by Gasteiger charge is 2.46. The standard InChI is InChI=1S/C11H15NO5/c1-6-8(9(13)16-2)7(12)4-5-11(6,15)10(14)17-3/h4-6,15H,12H2,1-3H3. The molecule has 1 aliphatic rings. The average molecular weight is 241 g/mol. The average Bonchev–Trinajstić information content (AvgIpc) is 2.33. The van der Waals surface area contributed by atoms with Crippen LogP contribution in [0.15, 0.2) is 23.4 Å². The number of hydrogen-bond donors (Lipinski definition) is 2. The number of ether oxygens (including phenoxy) is 2. The van der Waals surface area contributed by atoms with Crippen molar-refractivity contribution >= 4 is 11.9 Å². The molecular weight excluding hydrogens is 226 g/mol. The Bertz CT molecular complexity index is 412. The second-order valence-electron chi connectivity index (χ2n) is 3.73. The molecule has 0 fully saturated rings. The Morgan fingerprint density at radius 3 is 2.47 bits per heavy atom. The van der Waals surface area contributed by atoms with Gasteiger partial charge >= 0.3 is 11.9 Å². The van der Waals surface area contributed by atoms with Crippen LogP contribution in [0.2, 0.25) is 0 Å². The normalized spacial score (nSPS) is 27.9. The molecule has 1 aliphatic carbocycles. The molecule has 0 radical (unpaired) electrons. The summed E-state index contributed by atoms with van der Waals surface area (Å²) < 4.78 is 9.07. The summed E-state index contributed by atoms with van der Waals surface area (Å²) in [4.78, 5) is 23.1. The van der Waals surface area contributed by atoms with Gasteiger partial charge < -0.3 is 20.3 Å². The van der Waals surface area contributed by atoms with E-state index in [9.17, 15) is 14.7 Å². The second kappa shape index (κ2) is 4.58. The summed E-state index contributed by atoms with van der Waals surface area (Å²) in [5.41, 5.74) is 3.96. The summed E-state index contributed by atoms with van der Waals surface area (Å²) in [5.74, 6) is -2.37. The molecule has 2 atom stereocenters. The van der Waals surface area contributed by atoms with Crippen molar-refractivity contribution in [1.29, 1.82) is 0 Å². The maximum atomic E-state index is 11.5. The molecule has 6 heteroatoms. The molecule has 0 saturated carbocycles. The minimum absolute atomic E-state index is 0.0582. The van der Waals surface area contributed by atoms with Crippen LogP contribution in [0.3, 0.4) is 0 Å². The number of aliphatic hydroxyl groups is 1. The molecule has 0 aromatic rings. The molecule has 1 rings (SSSR count). The third kappa shape index (κ3) is 2.03. The molecule has 0 spiro atoms. The lowest BCUT2D eigenvalue weighted by molar-refractivity contribution is -0.161. The van der Waals surface area contributed by atoms with Crippen molar-refractivity contribution in [2.75, 3.05) is 14.2 Å². The largest absolute Gasteiger partial charge is 0.467 e. The molecule has 0 aromatic carbocycles. The Kier molecular flexibility index (Phi) is 3.57. The van der Waals surface area contributed by atoms with E-state index in [2.05, 4.69) is 9.47 Å². The van der Waals surface area contributed by atoms with Crippen LogP contribution in [0.4, 0.5) is 0 Å². The topological polar surface area (TPSA) is 98.9 Å². The first-order chi connectivity index (χ1) is 7.88. The monoisotopic (exact) mass is 241 g/mol. The van der Waals surface area contributed by atoms with Crippen molar-refractivity contribution in [3.63, 3.8) is 0 Å². The number of carbonyl (C=O) groups excluding carboxylic acids is 2. The Balaban J connectivity index is 3.21. The van der Waals surface area contributed by atoms with Crippen molar-refractivity contribution < 1.29 is 24.2 Å². The van der Waals surface area contributed by atoms with E-state index in [1.54, 1.807) is 0 Å². The van der Waals surface area contributed by atoms with Gasteiger partial charge in [-0.2, -0.15) is 0 Å². The summed E-state index contributed by atoms with van der Waals surface area (Å²) in [5, 5.41) is 10.2. The first-order valence-electron chi connectivity index (χ1n) is 4.96. The zero-order chi connectivity index (χ0) is 13.2. The number of allylic oxidation sites excluding steroid dienone is 1. The lowest BCUT2D eigenvalue weighted by atomic mass is 9.78. The van der Waals surface area contributed by atoms with Crippen molar-refractivity contribution in [2.45, 2.75) is 12.5 Å². The summed E-state index contributed by atoms with van der Waals surface area (Å²) in [7, 11) is 2.35. The maximum Gasteiger partial charge on any atom is 0.342 e. The minimum atomic E-state index is -1.90. The van der Waals surface area contributed by atoms with Gasteiger partial charge in [-0.05, 0) is 12.2 Å². The fourth-order valence-electron chi connectivity index (χ4n) is 1.73. The molecule has 0 aliphatic heterocycles. The first-order valence-corrected chi connectivity index (χ1v) is 4.96. The van der Waals surface area contributed by atoms with E-state index in [1.807, 2.05) is 0 Å². The molecule has 3 N–H and O–H groups in total. The van der Waals surface area contributed by atoms with Gasteiger partial charge in [0.15, 0.2) is 5.60 Å². The molecule has 2 unspecified atom stereocenters. The minimum Gasteiger partial charge on any atom is -0.467 e. The maximum absolute atomic E-state index is 11.5. The molecule has 17 heavy (non-hydrogen) atoms. The summed E-state index contributed by atoms with van der Waals surface area (Å²) in [6.45, 7) is 1.50. The number of rotatable bonds is 2. The number of carbonyl (C=O) groups is 2. The molecule has 0 heterocycles. The van der Waals surface area contributed by atoms with E-state index in [0.717, 1.165) is 7.11 Å². The van der Waals surface area contributed by atoms with Crippen molar-refractivity contribution in [3.05, 3.63) is 23.4 Å². The zero-order valence-corrected chi connectivity index (χ0v) is 9.89. The summed E-state index contributed by atoms with van der Waals surface area (Å²) >= 11 is 0. The van der Waals surface area contributed by atoms with Gasteiger partial charge in [0.05, 0.1) is 19.8 Å². The fourth-order valence-corrected chi connectivity index (χ4v) is 1.73. The van der Waals surface area contributed by atoms with Gasteiger partial charge in [0, 0.05) is 11.6 Å². The van der Waals surface area contributed by atoms with Crippen LogP contribution in [0, 0.1) is 5.92 Å². The number of esters is 2. The lowest BCUT2D eigenvalue weighted by Crippen LogP contribution is -2.48. The highest BCUT2D eigenvalue weighted by atomic mass is 16.5. The van der Waals surface area contributed by atoms with Crippen LogP contribution in [-0.2, 0) is 19.1 Å². The van der Waals surface area contributed by atoms with Gasteiger partial charge in [-0.3, -0.25) is 0 Å². The molecule has 0 amide bonds. The van der Waals surface area contributed by atoms with Crippen molar-refractivity contribution in [2.24, 2.45) is 11.7 Å². The van der Waals surface area contributed by atoms with Crippen molar-refractivity contribution in [3.8, 4) is 0 Å². The number of nitrogens with two attached hydrogens (primary N) is 1. The van der Waals surface area contributed by atoms with Crippen LogP contribution < -0.4 is 5.73 Å². The highest BCUT2D eigenvalue weighted by Crippen LogP contribution is 2.33. The van der Waals surface area contributed by atoms with E-state index in [4.69, 9.17) is 5.73 Å². The van der Waals surface area contributed by atoms with Gasteiger partial charge in [0.25, 0.3) is 0 Å². The van der Waals surface area contributed by atoms with Gasteiger partial charge in [-0.15, -0.1) is 0 Å². The molecule has 94 valence electrons. The Hall–Kier alpha value is -1.82. The van der Waals surface area contributed by atoms with Gasteiger partial charge in [0.2, 0.25) is 0 Å². The fraction of sp³-hybridized carbons (Fsp3) is 0.455.